The Hall–Kier alpha value is -1.86. The maximum Gasteiger partial charge on any atom is 0.137 e. The van der Waals surface area contributed by atoms with E-state index in [0.29, 0.717) is 17.9 Å². The highest BCUT2D eigenvalue weighted by Gasteiger charge is 2.05. The van der Waals surface area contributed by atoms with Gasteiger partial charge in [0, 0.05) is 10.7 Å². The Morgan fingerprint density at radius 2 is 2.22 bits per heavy atom. The molecule has 90 valence electrons. The fraction of sp³-hybridized carbons (Fsp3) is 0.143. The molecule has 18 heavy (non-hydrogen) atoms. The number of aromatic nitrogens is 1. The second-order valence-electron chi connectivity index (χ2n) is 3.81. The summed E-state index contributed by atoms with van der Waals surface area (Å²) in [7, 11) is 0. The van der Waals surface area contributed by atoms with Crippen LogP contribution in [0.5, 0.6) is 5.75 Å². The summed E-state index contributed by atoms with van der Waals surface area (Å²) >= 11 is 3.33. The fourth-order valence-corrected chi connectivity index (χ4v) is 1.89. The summed E-state index contributed by atoms with van der Waals surface area (Å²) in [6, 6.07) is 11.3. The van der Waals surface area contributed by atoms with E-state index in [-0.39, 0.29) is 0 Å². The Morgan fingerprint density at radius 3 is 2.94 bits per heavy atom. The monoisotopic (exact) mass is 302 g/mol. The van der Waals surface area contributed by atoms with Crippen molar-refractivity contribution in [3.8, 4) is 11.8 Å². The zero-order valence-corrected chi connectivity index (χ0v) is 11.4. The van der Waals surface area contributed by atoms with Gasteiger partial charge >= 0.3 is 0 Å². The molecule has 0 aliphatic heterocycles. The number of benzene rings is 1. The van der Waals surface area contributed by atoms with Crippen molar-refractivity contribution in [3.63, 3.8) is 0 Å². The number of rotatable bonds is 3. The van der Waals surface area contributed by atoms with Crippen LogP contribution in [0.25, 0.3) is 0 Å². The highest BCUT2D eigenvalue weighted by Crippen LogP contribution is 2.23. The van der Waals surface area contributed by atoms with Gasteiger partial charge in [0.1, 0.15) is 18.4 Å². The van der Waals surface area contributed by atoms with Crippen LogP contribution in [0.1, 0.15) is 16.8 Å². The molecule has 2 rings (SSSR count). The van der Waals surface area contributed by atoms with Gasteiger partial charge in [-0.25, -0.2) is 0 Å². The van der Waals surface area contributed by atoms with Crippen molar-refractivity contribution < 1.29 is 4.74 Å². The second-order valence-corrected chi connectivity index (χ2v) is 4.72. The Bertz CT molecular complexity index is 605. The molecule has 4 heteroatoms. The lowest BCUT2D eigenvalue weighted by atomic mass is 10.2. The van der Waals surface area contributed by atoms with Crippen molar-refractivity contribution >= 4 is 15.9 Å². The third-order valence-corrected chi connectivity index (χ3v) is 3.04. The summed E-state index contributed by atoms with van der Waals surface area (Å²) in [5, 5.41) is 9.03. The summed E-state index contributed by atoms with van der Waals surface area (Å²) in [6.45, 7) is 2.35. The summed E-state index contributed by atoms with van der Waals surface area (Å²) in [5.41, 5.74) is 2.47. The number of pyridine rings is 1. The van der Waals surface area contributed by atoms with Crippen LogP contribution >= 0.6 is 15.9 Å². The average Bonchev–Trinajstić information content (AvgIpc) is 2.39. The molecule has 0 aliphatic rings. The molecule has 1 aromatic carbocycles. The van der Waals surface area contributed by atoms with Crippen molar-refractivity contribution in [2.45, 2.75) is 13.5 Å². The van der Waals surface area contributed by atoms with E-state index >= 15 is 0 Å². The maximum absolute atomic E-state index is 9.03. The van der Waals surface area contributed by atoms with Crippen molar-refractivity contribution in [1.82, 2.24) is 4.98 Å². The van der Waals surface area contributed by atoms with Gasteiger partial charge in [0.2, 0.25) is 0 Å². The number of nitrogens with zero attached hydrogens (tertiary/aromatic N) is 2. The molecule has 0 N–H and O–H groups in total. The summed E-state index contributed by atoms with van der Waals surface area (Å²) in [5.74, 6) is 0.575. The number of aryl methyl sites for hydroxylation is 1. The quantitative estimate of drug-likeness (QED) is 0.870. The van der Waals surface area contributed by atoms with Crippen molar-refractivity contribution in [3.05, 3.63) is 57.8 Å². The average molecular weight is 303 g/mol. The Labute approximate surface area is 114 Å². The second kappa shape index (κ2) is 5.65. The van der Waals surface area contributed by atoms with Gasteiger partial charge in [-0.3, -0.25) is 4.98 Å². The molecular formula is C14H11BrN2O. The zero-order valence-electron chi connectivity index (χ0n) is 9.85. The SMILES string of the molecule is Cc1cccnc1COc1ccc(Br)cc1C#N. The molecule has 0 saturated carbocycles. The molecule has 1 heterocycles. The molecule has 3 nitrogen and oxygen atoms in total. The summed E-state index contributed by atoms with van der Waals surface area (Å²) in [4.78, 5) is 4.25. The Morgan fingerprint density at radius 1 is 1.39 bits per heavy atom. The van der Waals surface area contributed by atoms with Crippen LogP contribution < -0.4 is 4.74 Å². The molecular weight excluding hydrogens is 292 g/mol. The zero-order chi connectivity index (χ0) is 13.0. The van der Waals surface area contributed by atoms with Crippen LogP contribution in [0.4, 0.5) is 0 Å². The van der Waals surface area contributed by atoms with Crippen molar-refractivity contribution in [2.24, 2.45) is 0 Å². The molecule has 0 aliphatic carbocycles. The molecule has 0 fully saturated rings. The lowest BCUT2D eigenvalue weighted by Crippen LogP contribution is -2.01. The van der Waals surface area contributed by atoms with Crippen LogP contribution in [0.15, 0.2) is 41.0 Å². The van der Waals surface area contributed by atoms with E-state index in [1.165, 1.54) is 0 Å². The van der Waals surface area contributed by atoms with Crippen LogP contribution in [0, 0.1) is 18.3 Å². The molecule has 0 radical (unpaired) electrons. The first-order valence-corrected chi connectivity index (χ1v) is 6.23. The number of hydrogen-bond acceptors (Lipinski definition) is 3. The summed E-state index contributed by atoms with van der Waals surface area (Å²) < 4.78 is 6.51. The normalized spacial score (nSPS) is 9.83. The van der Waals surface area contributed by atoms with Crippen LogP contribution in [-0.4, -0.2) is 4.98 Å². The standard InChI is InChI=1S/C14H11BrN2O/c1-10-3-2-6-17-13(10)9-18-14-5-4-12(15)7-11(14)8-16/h2-7H,9H2,1H3. The van der Waals surface area contributed by atoms with E-state index in [1.807, 2.05) is 25.1 Å². The minimum Gasteiger partial charge on any atom is -0.486 e. The Kier molecular flexibility index (Phi) is 3.96. The van der Waals surface area contributed by atoms with Crippen molar-refractivity contribution in [2.75, 3.05) is 0 Å². The predicted octanol–water partition coefficient (Wildman–Crippen LogP) is 3.60. The van der Waals surface area contributed by atoms with Gasteiger partial charge in [-0.15, -0.1) is 0 Å². The van der Waals surface area contributed by atoms with Crippen LogP contribution in [-0.2, 0) is 6.61 Å². The van der Waals surface area contributed by atoms with E-state index in [4.69, 9.17) is 10.00 Å². The van der Waals surface area contributed by atoms with E-state index in [2.05, 4.69) is 27.0 Å². The van der Waals surface area contributed by atoms with Crippen molar-refractivity contribution in [1.29, 1.82) is 5.26 Å². The largest absolute Gasteiger partial charge is 0.486 e. The highest BCUT2D eigenvalue weighted by atomic mass is 79.9. The minimum atomic E-state index is 0.364. The molecule has 0 spiro atoms. The third kappa shape index (κ3) is 2.88. The number of hydrogen-bond donors (Lipinski definition) is 0. The van der Waals surface area contributed by atoms with Gasteiger partial charge in [0.25, 0.3) is 0 Å². The van der Waals surface area contributed by atoms with E-state index < -0.39 is 0 Å². The van der Waals surface area contributed by atoms with Gasteiger partial charge in [0.15, 0.2) is 0 Å². The highest BCUT2D eigenvalue weighted by molar-refractivity contribution is 9.10. The van der Waals surface area contributed by atoms with Gasteiger partial charge in [-0.2, -0.15) is 5.26 Å². The predicted molar refractivity (Wildman–Crippen MR) is 72.2 cm³/mol. The first-order valence-electron chi connectivity index (χ1n) is 5.43. The molecule has 0 saturated heterocycles. The van der Waals surface area contributed by atoms with E-state index in [1.54, 1.807) is 18.3 Å². The molecule has 0 bridgehead atoms. The van der Waals surface area contributed by atoms with E-state index in [9.17, 15) is 0 Å². The van der Waals surface area contributed by atoms with Gasteiger partial charge in [-0.1, -0.05) is 22.0 Å². The number of ether oxygens (including phenoxy) is 1. The Balaban J connectivity index is 2.16. The maximum atomic E-state index is 9.03. The fourth-order valence-electron chi connectivity index (χ4n) is 1.53. The van der Waals surface area contributed by atoms with Gasteiger partial charge in [-0.05, 0) is 36.8 Å². The number of nitriles is 1. The molecule has 0 atom stereocenters. The smallest absolute Gasteiger partial charge is 0.137 e. The van der Waals surface area contributed by atoms with E-state index in [0.717, 1.165) is 15.7 Å². The van der Waals surface area contributed by atoms with Gasteiger partial charge in [0.05, 0.1) is 11.3 Å². The van der Waals surface area contributed by atoms with Crippen LogP contribution in [0.2, 0.25) is 0 Å². The summed E-state index contributed by atoms with van der Waals surface area (Å²) in [6.07, 6.45) is 1.73. The van der Waals surface area contributed by atoms with Gasteiger partial charge < -0.3 is 4.74 Å². The molecule has 2 aromatic rings. The molecule has 1 aromatic heterocycles. The van der Waals surface area contributed by atoms with Crippen LogP contribution in [0.3, 0.4) is 0 Å². The number of halogens is 1. The molecule has 0 amide bonds. The lowest BCUT2D eigenvalue weighted by Gasteiger charge is -2.09. The minimum absolute atomic E-state index is 0.364. The lowest BCUT2D eigenvalue weighted by molar-refractivity contribution is 0.299. The first kappa shape index (κ1) is 12.6. The molecule has 0 unspecified atom stereocenters. The third-order valence-electron chi connectivity index (χ3n) is 2.54. The topological polar surface area (TPSA) is 45.9 Å². The first-order chi connectivity index (χ1) is 8.70.